The van der Waals surface area contributed by atoms with Crippen molar-refractivity contribution in [2.45, 2.75) is 20.8 Å². The van der Waals surface area contributed by atoms with E-state index in [9.17, 15) is 14.9 Å². The highest BCUT2D eigenvalue weighted by Crippen LogP contribution is 2.30. The van der Waals surface area contributed by atoms with Crippen molar-refractivity contribution >= 4 is 17.3 Å². The minimum atomic E-state index is -0.510. The fraction of sp³-hybridized carbons (Fsp3) is 0.235. The Bertz CT molecular complexity index is 756. The van der Waals surface area contributed by atoms with Gasteiger partial charge < -0.3 is 10.1 Å². The summed E-state index contributed by atoms with van der Waals surface area (Å²) in [4.78, 5) is 22.7. The number of aryl methyl sites for hydroxylation is 2. The SMILES string of the molecule is Cc1ccccc1OCC(=O)Nc1c([N+](=O)[O-])ccc(C)c1C. The van der Waals surface area contributed by atoms with Crippen molar-refractivity contribution < 1.29 is 14.5 Å². The van der Waals surface area contributed by atoms with E-state index >= 15 is 0 Å². The maximum absolute atomic E-state index is 12.1. The van der Waals surface area contributed by atoms with Crippen LogP contribution in [-0.4, -0.2) is 17.4 Å². The van der Waals surface area contributed by atoms with Crippen LogP contribution in [0, 0.1) is 30.9 Å². The highest BCUT2D eigenvalue weighted by molar-refractivity contribution is 5.95. The smallest absolute Gasteiger partial charge is 0.293 e. The molecular weight excluding hydrogens is 296 g/mol. The largest absolute Gasteiger partial charge is 0.483 e. The molecule has 0 saturated carbocycles. The average molecular weight is 314 g/mol. The Kier molecular flexibility index (Phi) is 4.95. The maximum Gasteiger partial charge on any atom is 0.293 e. The maximum atomic E-state index is 12.1. The van der Waals surface area contributed by atoms with E-state index in [4.69, 9.17) is 4.74 Å². The van der Waals surface area contributed by atoms with Gasteiger partial charge in [-0.25, -0.2) is 0 Å². The van der Waals surface area contributed by atoms with Crippen molar-refractivity contribution in [3.8, 4) is 5.75 Å². The molecule has 1 N–H and O–H groups in total. The Morgan fingerprint density at radius 2 is 1.83 bits per heavy atom. The molecule has 0 bridgehead atoms. The number of anilines is 1. The number of rotatable bonds is 5. The molecule has 2 aromatic carbocycles. The quantitative estimate of drug-likeness (QED) is 0.676. The molecule has 6 heteroatoms. The molecule has 0 unspecified atom stereocenters. The predicted molar refractivity (Wildman–Crippen MR) is 87.9 cm³/mol. The molecule has 0 aliphatic rings. The van der Waals surface area contributed by atoms with Crippen molar-refractivity contribution in [2.24, 2.45) is 0 Å². The zero-order chi connectivity index (χ0) is 17.0. The lowest BCUT2D eigenvalue weighted by Gasteiger charge is -2.12. The first kappa shape index (κ1) is 16.5. The zero-order valence-electron chi connectivity index (χ0n) is 13.3. The number of nitro groups is 1. The van der Waals surface area contributed by atoms with E-state index in [0.29, 0.717) is 11.3 Å². The van der Waals surface area contributed by atoms with Gasteiger partial charge in [-0.2, -0.15) is 0 Å². The number of carbonyl (C=O) groups excluding carboxylic acids is 1. The number of para-hydroxylation sites is 1. The number of amides is 1. The van der Waals surface area contributed by atoms with Crippen LogP contribution in [0.4, 0.5) is 11.4 Å². The lowest BCUT2D eigenvalue weighted by molar-refractivity contribution is -0.384. The summed E-state index contributed by atoms with van der Waals surface area (Å²) in [6, 6.07) is 10.4. The number of nitrogens with zero attached hydrogens (tertiary/aromatic N) is 1. The van der Waals surface area contributed by atoms with Crippen LogP contribution in [-0.2, 0) is 4.79 Å². The van der Waals surface area contributed by atoms with Gasteiger partial charge in [0.2, 0.25) is 0 Å². The fourth-order valence-electron chi connectivity index (χ4n) is 2.15. The summed E-state index contributed by atoms with van der Waals surface area (Å²) in [7, 11) is 0. The molecule has 2 aromatic rings. The predicted octanol–water partition coefficient (Wildman–Crippen LogP) is 3.54. The number of nitro benzene ring substituents is 1. The average Bonchev–Trinajstić information content (AvgIpc) is 2.51. The van der Waals surface area contributed by atoms with Crippen molar-refractivity contribution in [3.63, 3.8) is 0 Å². The Morgan fingerprint density at radius 3 is 2.48 bits per heavy atom. The second-order valence-corrected chi connectivity index (χ2v) is 5.26. The van der Waals surface area contributed by atoms with Gasteiger partial charge in [-0.15, -0.1) is 0 Å². The molecule has 6 nitrogen and oxygen atoms in total. The third kappa shape index (κ3) is 3.85. The summed E-state index contributed by atoms with van der Waals surface area (Å²) in [5, 5.41) is 13.7. The molecule has 0 aromatic heterocycles. The second kappa shape index (κ2) is 6.91. The minimum Gasteiger partial charge on any atom is -0.483 e. The van der Waals surface area contributed by atoms with Crippen molar-refractivity contribution in [1.82, 2.24) is 0 Å². The van der Waals surface area contributed by atoms with Crippen LogP contribution >= 0.6 is 0 Å². The summed E-state index contributed by atoms with van der Waals surface area (Å²) < 4.78 is 5.46. The van der Waals surface area contributed by atoms with E-state index < -0.39 is 10.8 Å². The highest BCUT2D eigenvalue weighted by Gasteiger charge is 2.19. The molecule has 1 amide bonds. The van der Waals surface area contributed by atoms with Crippen molar-refractivity contribution in [1.29, 1.82) is 0 Å². The Labute approximate surface area is 134 Å². The second-order valence-electron chi connectivity index (χ2n) is 5.26. The van der Waals surface area contributed by atoms with Gasteiger partial charge in [0.1, 0.15) is 11.4 Å². The summed E-state index contributed by atoms with van der Waals surface area (Å²) >= 11 is 0. The molecule has 23 heavy (non-hydrogen) atoms. The van der Waals surface area contributed by atoms with E-state index in [1.54, 1.807) is 19.1 Å². The zero-order valence-corrected chi connectivity index (χ0v) is 13.3. The molecule has 0 radical (unpaired) electrons. The van der Waals surface area contributed by atoms with Crippen molar-refractivity contribution in [3.05, 3.63) is 63.2 Å². The monoisotopic (exact) mass is 314 g/mol. The van der Waals surface area contributed by atoms with Gasteiger partial charge in [0, 0.05) is 6.07 Å². The standard InChI is InChI=1S/C17H18N2O4/c1-11-8-9-14(19(21)22)17(13(11)3)18-16(20)10-23-15-7-5-4-6-12(15)2/h4-9H,10H2,1-3H3,(H,18,20). The Morgan fingerprint density at radius 1 is 1.13 bits per heavy atom. The van der Waals surface area contributed by atoms with E-state index in [2.05, 4.69) is 5.32 Å². The molecule has 0 aliphatic carbocycles. The van der Waals surface area contributed by atoms with Crippen LogP contribution in [0.15, 0.2) is 36.4 Å². The molecule has 0 heterocycles. The highest BCUT2D eigenvalue weighted by atomic mass is 16.6. The first-order valence-corrected chi connectivity index (χ1v) is 7.13. The number of hydrogen-bond acceptors (Lipinski definition) is 4. The number of ether oxygens (including phenoxy) is 1. The normalized spacial score (nSPS) is 10.2. The van der Waals surface area contributed by atoms with Gasteiger partial charge in [0.25, 0.3) is 11.6 Å². The third-order valence-electron chi connectivity index (χ3n) is 3.63. The minimum absolute atomic E-state index is 0.127. The third-order valence-corrected chi connectivity index (χ3v) is 3.63. The topological polar surface area (TPSA) is 81.5 Å². The number of benzene rings is 2. The molecule has 0 fully saturated rings. The fourth-order valence-corrected chi connectivity index (χ4v) is 2.15. The van der Waals surface area contributed by atoms with Crippen LogP contribution in [0.25, 0.3) is 0 Å². The number of carbonyl (C=O) groups is 1. The van der Waals surface area contributed by atoms with Crippen LogP contribution in [0.5, 0.6) is 5.75 Å². The summed E-state index contributed by atoms with van der Waals surface area (Å²) in [5.74, 6) is 0.170. The molecule has 120 valence electrons. The number of nitrogens with one attached hydrogen (secondary N) is 1. The van der Waals surface area contributed by atoms with Gasteiger partial charge in [-0.3, -0.25) is 14.9 Å². The van der Waals surface area contributed by atoms with Crippen LogP contribution in [0.2, 0.25) is 0 Å². The van der Waals surface area contributed by atoms with Gasteiger partial charge in [0.15, 0.2) is 6.61 Å². The van der Waals surface area contributed by atoms with Gasteiger partial charge in [-0.05, 0) is 43.5 Å². The van der Waals surface area contributed by atoms with E-state index in [-0.39, 0.29) is 18.0 Å². The summed E-state index contributed by atoms with van der Waals surface area (Å²) in [5.41, 5.74) is 2.54. The van der Waals surface area contributed by atoms with Crippen LogP contribution in [0.1, 0.15) is 16.7 Å². The Balaban J connectivity index is 2.13. The Hall–Kier alpha value is -2.89. The van der Waals surface area contributed by atoms with Gasteiger partial charge >= 0.3 is 0 Å². The van der Waals surface area contributed by atoms with Crippen molar-refractivity contribution in [2.75, 3.05) is 11.9 Å². The summed E-state index contributed by atoms with van der Waals surface area (Å²) in [6.07, 6.45) is 0. The van der Waals surface area contributed by atoms with Gasteiger partial charge in [-0.1, -0.05) is 24.3 Å². The number of hydrogen-bond donors (Lipinski definition) is 1. The lowest BCUT2D eigenvalue weighted by atomic mass is 10.1. The molecule has 0 spiro atoms. The first-order chi connectivity index (χ1) is 10.9. The molecule has 0 aliphatic heterocycles. The molecule has 2 rings (SSSR count). The van der Waals surface area contributed by atoms with Crippen LogP contribution < -0.4 is 10.1 Å². The van der Waals surface area contributed by atoms with E-state index in [0.717, 1.165) is 11.1 Å². The van der Waals surface area contributed by atoms with Crippen LogP contribution in [0.3, 0.4) is 0 Å². The molecular formula is C17H18N2O4. The molecule has 0 saturated heterocycles. The van der Waals surface area contributed by atoms with E-state index in [1.807, 2.05) is 32.0 Å². The lowest BCUT2D eigenvalue weighted by Crippen LogP contribution is -2.21. The summed E-state index contributed by atoms with van der Waals surface area (Å²) in [6.45, 7) is 5.23. The molecule has 0 atom stereocenters. The first-order valence-electron chi connectivity index (χ1n) is 7.13. The van der Waals surface area contributed by atoms with E-state index in [1.165, 1.54) is 6.07 Å². The van der Waals surface area contributed by atoms with Gasteiger partial charge in [0.05, 0.1) is 4.92 Å².